The van der Waals surface area contributed by atoms with Crippen LogP contribution in [0, 0.1) is 0 Å². The fourth-order valence-corrected chi connectivity index (χ4v) is 4.24. The van der Waals surface area contributed by atoms with E-state index in [2.05, 4.69) is 16.9 Å². The quantitative estimate of drug-likeness (QED) is 0.405. The Balaban J connectivity index is 1.66. The van der Waals surface area contributed by atoms with Crippen molar-refractivity contribution in [2.75, 3.05) is 22.5 Å². The molecule has 0 atom stereocenters. The molecule has 0 bridgehead atoms. The molecular weight excluding hydrogens is 402 g/mol. The highest BCUT2D eigenvalue weighted by Crippen LogP contribution is 2.28. The lowest BCUT2D eigenvalue weighted by molar-refractivity contribution is -0.116. The number of nitrogens with zero attached hydrogens (tertiary/aromatic N) is 2. The number of nitrogens with one attached hydrogen (secondary N) is 1. The number of thiazole rings is 1. The smallest absolute Gasteiger partial charge is 0.239 e. The molecule has 0 radical (unpaired) electrons. The number of benzene rings is 2. The predicted molar refractivity (Wildman–Crippen MR) is 122 cm³/mol. The van der Waals surface area contributed by atoms with Gasteiger partial charge in [0.1, 0.15) is 0 Å². The molecule has 2 amide bonds. The lowest BCUT2D eigenvalue weighted by atomic mass is 10.2. The van der Waals surface area contributed by atoms with E-state index in [4.69, 9.17) is 0 Å². The van der Waals surface area contributed by atoms with Crippen LogP contribution in [0.1, 0.15) is 6.92 Å². The van der Waals surface area contributed by atoms with Crippen LogP contribution in [0.15, 0.2) is 77.5 Å². The molecule has 1 aromatic heterocycles. The third kappa shape index (κ3) is 5.79. The molecule has 0 aliphatic carbocycles. The highest BCUT2D eigenvalue weighted by atomic mass is 32.2. The predicted octanol–water partition coefficient (Wildman–Crippen LogP) is 5.08. The monoisotopic (exact) mass is 423 g/mol. The molecule has 29 heavy (non-hydrogen) atoms. The summed E-state index contributed by atoms with van der Waals surface area (Å²) >= 11 is 2.89. The Morgan fingerprint density at radius 2 is 1.90 bits per heavy atom. The van der Waals surface area contributed by atoms with E-state index in [0.717, 1.165) is 21.8 Å². The summed E-state index contributed by atoms with van der Waals surface area (Å²) in [5.41, 5.74) is 2.61. The van der Waals surface area contributed by atoms with Crippen molar-refractivity contribution < 1.29 is 9.59 Å². The molecule has 0 aliphatic rings. The Morgan fingerprint density at radius 3 is 2.55 bits per heavy atom. The molecular formula is C22H21N3O2S2. The molecule has 2 aromatic carbocycles. The number of aromatic nitrogens is 1. The minimum Gasteiger partial charge on any atom is -0.326 e. The van der Waals surface area contributed by atoms with E-state index in [1.807, 2.05) is 60.0 Å². The van der Waals surface area contributed by atoms with Gasteiger partial charge in [-0.1, -0.05) is 36.4 Å². The van der Waals surface area contributed by atoms with Crippen LogP contribution in [0.2, 0.25) is 0 Å². The zero-order valence-corrected chi connectivity index (χ0v) is 17.6. The van der Waals surface area contributed by atoms with Crippen molar-refractivity contribution in [3.63, 3.8) is 0 Å². The maximum Gasteiger partial charge on any atom is 0.239 e. The van der Waals surface area contributed by atoms with Crippen molar-refractivity contribution >= 4 is 45.7 Å². The Labute approximate surface area is 178 Å². The van der Waals surface area contributed by atoms with E-state index in [9.17, 15) is 9.59 Å². The highest BCUT2D eigenvalue weighted by molar-refractivity contribution is 8.00. The second kappa shape index (κ2) is 10.0. The largest absolute Gasteiger partial charge is 0.326 e. The molecule has 3 aromatic rings. The summed E-state index contributed by atoms with van der Waals surface area (Å²) in [6, 6.07) is 17.3. The summed E-state index contributed by atoms with van der Waals surface area (Å²) in [7, 11) is 0. The van der Waals surface area contributed by atoms with Gasteiger partial charge in [0.15, 0.2) is 5.13 Å². The molecule has 5 nitrogen and oxygen atoms in total. The van der Waals surface area contributed by atoms with E-state index in [1.165, 1.54) is 30.0 Å². The normalized spacial score (nSPS) is 10.4. The van der Waals surface area contributed by atoms with Gasteiger partial charge in [-0.05, 0) is 24.3 Å². The first-order valence-corrected chi connectivity index (χ1v) is 10.9. The van der Waals surface area contributed by atoms with E-state index >= 15 is 0 Å². The van der Waals surface area contributed by atoms with Gasteiger partial charge in [0, 0.05) is 35.0 Å². The van der Waals surface area contributed by atoms with Crippen LogP contribution in [0.4, 0.5) is 10.8 Å². The van der Waals surface area contributed by atoms with Crippen LogP contribution >= 0.6 is 23.1 Å². The number of rotatable bonds is 8. The fraction of sp³-hybridized carbons (Fsp3) is 0.136. The van der Waals surface area contributed by atoms with Gasteiger partial charge in [-0.2, -0.15) is 0 Å². The van der Waals surface area contributed by atoms with Crippen LogP contribution < -0.4 is 10.2 Å². The maximum atomic E-state index is 12.8. The first kappa shape index (κ1) is 20.8. The third-order valence-electron chi connectivity index (χ3n) is 3.94. The van der Waals surface area contributed by atoms with Crippen molar-refractivity contribution in [1.29, 1.82) is 0 Å². The molecule has 0 fully saturated rings. The van der Waals surface area contributed by atoms with Crippen LogP contribution in [0.25, 0.3) is 11.3 Å². The molecule has 0 saturated carbocycles. The molecule has 0 spiro atoms. The van der Waals surface area contributed by atoms with E-state index in [0.29, 0.717) is 11.7 Å². The van der Waals surface area contributed by atoms with Gasteiger partial charge in [0.2, 0.25) is 11.8 Å². The number of amides is 2. The summed E-state index contributed by atoms with van der Waals surface area (Å²) in [6.45, 7) is 5.64. The minimum absolute atomic E-state index is 0.0326. The summed E-state index contributed by atoms with van der Waals surface area (Å²) in [5, 5.41) is 5.35. The number of thioether (sulfide) groups is 1. The fourth-order valence-electron chi connectivity index (χ4n) is 2.61. The summed E-state index contributed by atoms with van der Waals surface area (Å²) < 4.78 is 0. The average Bonchev–Trinajstić information content (AvgIpc) is 3.21. The Bertz CT molecular complexity index is 985. The number of hydrogen-bond donors (Lipinski definition) is 1. The number of carbonyl (C=O) groups is 2. The average molecular weight is 424 g/mol. The number of carbonyl (C=O) groups excluding carboxylic acids is 2. The third-order valence-corrected chi connectivity index (χ3v) is 5.80. The van der Waals surface area contributed by atoms with Crippen LogP contribution in [-0.4, -0.2) is 29.1 Å². The topological polar surface area (TPSA) is 62.3 Å². The van der Waals surface area contributed by atoms with Crippen LogP contribution in [0.5, 0.6) is 0 Å². The van der Waals surface area contributed by atoms with Crippen molar-refractivity contribution in [3.05, 3.63) is 72.6 Å². The second-order valence-corrected chi connectivity index (χ2v) is 8.05. The summed E-state index contributed by atoms with van der Waals surface area (Å²) in [6.07, 6.45) is 1.70. The van der Waals surface area contributed by atoms with Gasteiger partial charge >= 0.3 is 0 Å². The summed E-state index contributed by atoms with van der Waals surface area (Å²) in [5.74, 6) is 0.141. The molecule has 148 valence electrons. The number of hydrogen-bond acceptors (Lipinski definition) is 5. The second-order valence-electron chi connectivity index (χ2n) is 6.17. The Hall–Kier alpha value is -2.90. The molecule has 0 saturated heterocycles. The lowest BCUT2D eigenvalue weighted by Gasteiger charge is -2.17. The van der Waals surface area contributed by atoms with Crippen molar-refractivity contribution in [1.82, 2.24) is 4.98 Å². The zero-order chi connectivity index (χ0) is 20.6. The van der Waals surface area contributed by atoms with Crippen molar-refractivity contribution in [2.45, 2.75) is 11.8 Å². The molecule has 0 aliphatic heterocycles. The molecule has 0 unspecified atom stereocenters. The van der Waals surface area contributed by atoms with Gasteiger partial charge in [-0.15, -0.1) is 29.7 Å². The first-order chi connectivity index (χ1) is 14.1. The minimum atomic E-state index is -0.112. The van der Waals surface area contributed by atoms with Gasteiger partial charge in [-0.25, -0.2) is 4.98 Å². The van der Waals surface area contributed by atoms with Gasteiger partial charge < -0.3 is 5.32 Å². The highest BCUT2D eigenvalue weighted by Gasteiger charge is 2.18. The molecule has 1 N–H and O–H groups in total. The van der Waals surface area contributed by atoms with E-state index in [1.54, 1.807) is 11.0 Å². The number of anilines is 2. The standard InChI is InChI=1S/C22H21N3O2S2/c1-3-13-25(22-24-20(14-29-22)17-7-5-4-6-8-17)21(27)15-28-19-11-9-18(10-12-19)23-16(2)26/h3-12,14H,1,13,15H2,2H3,(H,23,26). The van der Waals surface area contributed by atoms with Crippen LogP contribution in [-0.2, 0) is 9.59 Å². The zero-order valence-electron chi connectivity index (χ0n) is 16.0. The Kier molecular flexibility index (Phi) is 7.21. The van der Waals surface area contributed by atoms with Gasteiger partial charge in [-0.3, -0.25) is 14.5 Å². The molecule has 7 heteroatoms. The van der Waals surface area contributed by atoms with Crippen molar-refractivity contribution in [2.24, 2.45) is 0 Å². The SMILES string of the molecule is C=CCN(C(=O)CSc1ccc(NC(C)=O)cc1)c1nc(-c2ccccc2)cs1. The summed E-state index contributed by atoms with van der Waals surface area (Å²) in [4.78, 5) is 31.2. The molecule has 3 rings (SSSR count). The lowest BCUT2D eigenvalue weighted by Crippen LogP contribution is -2.32. The van der Waals surface area contributed by atoms with E-state index in [-0.39, 0.29) is 17.6 Å². The molecule has 1 heterocycles. The van der Waals surface area contributed by atoms with Crippen molar-refractivity contribution in [3.8, 4) is 11.3 Å². The van der Waals surface area contributed by atoms with Crippen LogP contribution in [0.3, 0.4) is 0 Å². The Morgan fingerprint density at radius 1 is 1.17 bits per heavy atom. The maximum absolute atomic E-state index is 12.8. The first-order valence-electron chi connectivity index (χ1n) is 8.99. The van der Waals surface area contributed by atoms with Gasteiger partial charge in [0.25, 0.3) is 0 Å². The van der Waals surface area contributed by atoms with Gasteiger partial charge in [0.05, 0.1) is 11.4 Å². The van der Waals surface area contributed by atoms with E-state index < -0.39 is 0 Å².